The summed E-state index contributed by atoms with van der Waals surface area (Å²) in [6, 6.07) is 11.0. The van der Waals surface area contributed by atoms with Gasteiger partial charge in [-0.15, -0.1) is 0 Å². The zero-order valence-corrected chi connectivity index (χ0v) is 17.9. The Morgan fingerprint density at radius 2 is 1.97 bits per heavy atom. The van der Waals surface area contributed by atoms with Crippen molar-refractivity contribution in [1.82, 2.24) is 10.2 Å². The van der Waals surface area contributed by atoms with Gasteiger partial charge in [0.05, 0.1) is 26.2 Å². The fraction of sp³-hybridized carbons (Fsp3) is 0.591. The fourth-order valence-electron chi connectivity index (χ4n) is 2.88. The quantitative estimate of drug-likeness (QED) is 0.412. The van der Waals surface area contributed by atoms with Crippen LogP contribution in [-0.4, -0.2) is 55.2 Å². The van der Waals surface area contributed by atoms with Crippen LogP contribution in [0.3, 0.4) is 0 Å². The number of aliphatic imine (C=N–C) groups is 1. The van der Waals surface area contributed by atoms with Crippen molar-refractivity contribution in [2.24, 2.45) is 10.4 Å². The van der Waals surface area contributed by atoms with Crippen LogP contribution >= 0.6 is 0 Å². The maximum Gasteiger partial charge on any atom is 0.247 e. The van der Waals surface area contributed by atoms with E-state index in [0.29, 0.717) is 19.6 Å². The summed E-state index contributed by atoms with van der Waals surface area (Å²) in [6.07, 6.45) is 2.28. The average molecular weight is 401 g/mol. The molecule has 0 radical (unpaired) electrons. The molecule has 1 aromatic carbocycles. The van der Waals surface area contributed by atoms with Gasteiger partial charge in [0, 0.05) is 13.1 Å². The van der Waals surface area contributed by atoms with Gasteiger partial charge in [0.15, 0.2) is 0 Å². The molecule has 158 valence electrons. The lowest BCUT2D eigenvalue weighted by Crippen LogP contribution is -2.51. The molecular weight excluding hydrogens is 368 g/mol. The molecule has 2 unspecified atom stereocenters. The first-order valence-corrected chi connectivity index (χ1v) is 9.97. The Hall–Kier alpha value is -2.43. The Bertz CT molecular complexity index is 718. The lowest BCUT2D eigenvalue weighted by molar-refractivity contribution is -0.130. The minimum Gasteiger partial charge on any atom is -0.378 e. The van der Waals surface area contributed by atoms with Crippen LogP contribution in [0.4, 0.5) is 0 Å². The van der Waals surface area contributed by atoms with Crippen molar-refractivity contribution in [3.63, 3.8) is 0 Å². The Balaban J connectivity index is 2.04. The summed E-state index contributed by atoms with van der Waals surface area (Å²) in [6.45, 7) is 10.8. The van der Waals surface area contributed by atoms with E-state index >= 15 is 0 Å². The minimum absolute atomic E-state index is 0.0989. The third-order valence-corrected chi connectivity index (χ3v) is 4.51. The number of nitriles is 1. The van der Waals surface area contributed by atoms with E-state index in [1.54, 1.807) is 13.3 Å². The van der Waals surface area contributed by atoms with Gasteiger partial charge in [0.25, 0.3) is 0 Å². The smallest absolute Gasteiger partial charge is 0.247 e. The Morgan fingerprint density at radius 3 is 2.55 bits per heavy atom. The van der Waals surface area contributed by atoms with Gasteiger partial charge in [0.2, 0.25) is 11.6 Å². The highest BCUT2D eigenvalue weighted by Gasteiger charge is 2.32. The van der Waals surface area contributed by atoms with Crippen molar-refractivity contribution >= 4 is 12.2 Å². The first kappa shape index (κ1) is 22.9. The third kappa shape index (κ3) is 8.22. The molecule has 1 heterocycles. The first-order chi connectivity index (χ1) is 13.7. The molecule has 1 amide bonds. The van der Waals surface area contributed by atoms with Crippen LogP contribution in [0.1, 0.15) is 39.7 Å². The molecule has 0 aromatic heterocycles. The second kappa shape index (κ2) is 10.4. The van der Waals surface area contributed by atoms with Crippen molar-refractivity contribution < 1.29 is 14.3 Å². The van der Waals surface area contributed by atoms with Crippen LogP contribution in [0, 0.1) is 16.7 Å². The van der Waals surface area contributed by atoms with Gasteiger partial charge in [-0.3, -0.25) is 9.79 Å². The molecule has 0 saturated carbocycles. The molecular formula is C22H32N4O3. The Kier molecular flexibility index (Phi) is 8.18. The molecule has 1 aliphatic heterocycles. The van der Waals surface area contributed by atoms with Gasteiger partial charge in [-0.2, -0.15) is 5.26 Å². The van der Waals surface area contributed by atoms with Crippen molar-refractivity contribution in [2.75, 3.05) is 26.3 Å². The van der Waals surface area contributed by atoms with Crippen LogP contribution in [0.5, 0.6) is 0 Å². The molecule has 1 N–H and O–H groups in total. The van der Waals surface area contributed by atoms with E-state index in [9.17, 15) is 10.1 Å². The summed E-state index contributed by atoms with van der Waals surface area (Å²) >= 11 is 0. The number of amides is 1. The van der Waals surface area contributed by atoms with Gasteiger partial charge in [-0.1, -0.05) is 51.1 Å². The first-order valence-electron chi connectivity index (χ1n) is 9.97. The van der Waals surface area contributed by atoms with Gasteiger partial charge < -0.3 is 19.7 Å². The Labute approximate surface area is 173 Å². The lowest BCUT2D eigenvalue weighted by Gasteiger charge is -2.29. The van der Waals surface area contributed by atoms with Crippen molar-refractivity contribution in [3.05, 3.63) is 35.9 Å². The normalized spacial score (nSPS) is 18.1. The Morgan fingerprint density at radius 1 is 1.31 bits per heavy atom. The van der Waals surface area contributed by atoms with Crippen LogP contribution in [-0.2, 0) is 20.9 Å². The molecule has 1 aromatic rings. The summed E-state index contributed by atoms with van der Waals surface area (Å²) in [4.78, 5) is 19.6. The van der Waals surface area contributed by atoms with Crippen molar-refractivity contribution in [1.29, 1.82) is 5.26 Å². The predicted molar refractivity (Wildman–Crippen MR) is 112 cm³/mol. The SMILES string of the molecule is CC(C)(C)CC(N=CN1CCOCC1)C(=O)NC(C)(C#N)OCc1ccccc1. The highest BCUT2D eigenvalue weighted by Crippen LogP contribution is 2.23. The van der Waals surface area contributed by atoms with Crippen molar-refractivity contribution in [2.45, 2.75) is 52.5 Å². The highest BCUT2D eigenvalue weighted by molar-refractivity contribution is 5.84. The number of hydrogen-bond donors (Lipinski definition) is 1. The second-order valence-electron chi connectivity index (χ2n) is 8.60. The van der Waals surface area contributed by atoms with E-state index in [2.05, 4.69) is 37.1 Å². The van der Waals surface area contributed by atoms with Gasteiger partial charge in [-0.05, 0) is 24.3 Å². The van der Waals surface area contributed by atoms with Crippen LogP contribution in [0.25, 0.3) is 0 Å². The van der Waals surface area contributed by atoms with E-state index in [-0.39, 0.29) is 17.9 Å². The van der Waals surface area contributed by atoms with Gasteiger partial charge in [-0.25, -0.2) is 0 Å². The molecule has 0 bridgehead atoms. The summed E-state index contributed by atoms with van der Waals surface area (Å²) in [5.74, 6) is -0.318. The molecule has 2 atom stereocenters. The summed E-state index contributed by atoms with van der Waals surface area (Å²) in [7, 11) is 0. The fourth-order valence-corrected chi connectivity index (χ4v) is 2.88. The monoisotopic (exact) mass is 400 g/mol. The molecule has 1 saturated heterocycles. The number of morpholine rings is 1. The largest absolute Gasteiger partial charge is 0.378 e. The number of hydrogen-bond acceptors (Lipinski definition) is 5. The highest BCUT2D eigenvalue weighted by atomic mass is 16.5. The van der Waals surface area contributed by atoms with Gasteiger partial charge >= 0.3 is 0 Å². The molecule has 0 spiro atoms. The molecule has 0 aliphatic carbocycles. The van der Waals surface area contributed by atoms with Gasteiger partial charge in [0.1, 0.15) is 12.1 Å². The zero-order valence-electron chi connectivity index (χ0n) is 17.9. The van der Waals surface area contributed by atoms with Crippen molar-refractivity contribution in [3.8, 4) is 6.07 Å². The maximum absolute atomic E-state index is 13.0. The number of carbonyl (C=O) groups excluding carboxylic acids is 1. The third-order valence-electron chi connectivity index (χ3n) is 4.51. The standard InChI is InChI=1S/C22H32N4O3/c1-21(2,3)14-19(24-17-26-10-12-28-13-11-26)20(27)25-22(4,16-23)29-15-18-8-6-5-7-9-18/h5-9,17,19H,10-15H2,1-4H3,(H,25,27). The van der Waals surface area contributed by atoms with E-state index in [4.69, 9.17) is 9.47 Å². The van der Waals surface area contributed by atoms with E-state index in [0.717, 1.165) is 18.7 Å². The molecule has 7 nitrogen and oxygen atoms in total. The number of benzene rings is 1. The molecule has 2 rings (SSSR count). The summed E-state index contributed by atoms with van der Waals surface area (Å²) in [5.41, 5.74) is -0.602. The van der Waals surface area contributed by atoms with Crippen LogP contribution in [0.15, 0.2) is 35.3 Å². The summed E-state index contributed by atoms with van der Waals surface area (Å²) in [5, 5.41) is 12.4. The molecule has 1 fully saturated rings. The number of rotatable bonds is 8. The van der Waals surface area contributed by atoms with E-state index < -0.39 is 11.8 Å². The zero-order chi connectivity index (χ0) is 21.3. The number of ether oxygens (including phenoxy) is 2. The molecule has 1 aliphatic rings. The number of nitrogens with one attached hydrogen (secondary N) is 1. The average Bonchev–Trinajstić information content (AvgIpc) is 2.70. The second-order valence-corrected chi connectivity index (χ2v) is 8.60. The topological polar surface area (TPSA) is 87.0 Å². The molecule has 7 heteroatoms. The van der Waals surface area contributed by atoms with Crippen LogP contribution in [0.2, 0.25) is 0 Å². The van der Waals surface area contributed by atoms with Crippen LogP contribution < -0.4 is 5.32 Å². The minimum atomic E-state index is -1.43. The number of nitrogens with zero attached hydrogens (tertiary/aromatic N) is 3. The van der Waals surface area contributed by atoms with E-state index in [1.165, 1.54) is 0 Å². The maximum atomic E-state index is 13.0. The summed E-state index contributed by atoms with van der Waals surface area (Å²) < 4.78 is 11.1. The predicted octanol–water partition coefficient (Wildman–Crippen LogP) is 2.72. The molecule has 29 heavy (non-hydrogen) atoms. The lowest BCUT2D eigenvalue weighted by atomic mass is 9.88. The van der Waals surface area contributed by atoms with E-state index in [1.807, 2.05) is 35.2 Å². The number of carbonyl (C=O) groups is 1.